The molecule has 3 nitrogen and oxygen atoms in total. The molecule has 0 aliphatic heterocycles. The summed E-state index contributed by atoms with van der Waals surface area (Å²) in [6.07, 6.45) is 3.77. The van der Waals surface area contributed by atoms with Crippen LogP contribution in [0, 0.1) is 0 Å². The van der Waals surface area contributed by atoms with Gasteiger partial charge in [0, 0.05) is 33.8 Å². The summed E-state index contributed by atoms with van der Waals surface area (Å²) in [5, 5.41) is 0. The molecule has 0 atom stereocenters. The van der Waals surface area contributed by atoms with Crippen LogP contribution < -0.4 is 0 Å². The molecule has 0 aromatic rings. The molecule has 0 aromatic heterocycles. The van der Waals surface area contributed by atoms with Gasteiger partial charge in [-0.05, 0) is 12.8 Å². The van der Waals surface area contributed by atoms with Gasteiger partial charge in [-0.3, -0.25) is 0 Å². The molecule has 0 saturated heterocycles. The number of alkyl halides is 3. The van der Waals surface area contributed by atoms with Crippen molar-refractivity contribution in [3.63, 3.8) is 0 Å². The lowest BCUT2D eigenvalue weighted by atomic mass is 10.1. The number of unbranched alkanes of at least 4 members (excludes halogenated alkanes) is 8. The van der Waals surface area contributed by atoms with Crippen molar-refractivity contribution < 1.29 is 26.4 Å². The second-order valence-electron chi connectivity index (χ2n) is 5.59. The van der Waals surface area contributed by atoms with Gasteiger partial charge in [0.1, 0.15) is 0 Å². The van der Waals surface area contributed by atoms with Crippen molar-refractivity contribution in [2.45, 2.75) is 76.4 Å². The second kappa shape index (κ2) is 12.3. The third-order valence-electron chi connectivity index (χ3n) is 3.88. The molecule has 0 rings (SSSR count). The van der Waals surface area contributed by atoms with E-state index in [9.17, 15) is 13.2 Å². The summed E-state index contributed by atoms with van der Waals surface area (Å²) in [4.78, 5) is 0. The third kappa shape index (κ3) is 11.5. The normalized spacial score (nSPS) is 12.8. The molecule has 0 saturated carbocycles. The summed E-state index contributed by atoms with van der Waals surface area (Å²) in [6, 6.07) is 0.827. The first-order chi connectivity index (χ1) is 10.4. The number of hydrogen-bond acceptors (Lipinski definition) is 3. The topological polar surface area (TPSA) is 27.7 Å². The maximum atomic E-state index is 11.9. The van der Waals surface area contributed by atoms with E-state index in [0.29, 0.717) is 6.42 Å². The average Bonchev–Trinajstić information content (AvgIpc) is 2.48. The van der Waals surface area contributed by atoms with Crippen LogP contribution in [0.3, 0.4) is 0 Å². The van der Waals surface area contributed by atoms with Crippen LogP contribution in [0.15, 0.2) is 0 Å². The van der Waals surface area contributed by atoms with Crippen LogP contribution in [0.25, 0.3) is 0 Å². The van der Waals surface area contributed by atoms with E-state index in [2.05, 4.69) is 0 Å². The Labute approximate surface area is 133 Å². The van der Waals surface area contributed by atoms with Gasteiger partial charge in [0.05, 0.1) is 0 Å². The fourth-order valence-corrected chi connectivity index (χ4v) is 4.26. The standard InChI is InChI=1S/C15H31F3O3Si/c1-19-22(20-2,21-3)14-12-10-8-6-4-5-7-9-11-13-15(16,17)18/h4-14H2,1-3H3. The van der Waals surface area contributed by atoms with E-state index in [4.69, 9.17) is 13.3 Å². The Bertz CT molecular complexity index is 251. The molecule has 0 amide bonds. The second-order valence-corrected chi connectivity index (χ2v) is 8.68. The highest BCUT2D eigenvalue weighted by molar-refractivity contribution is 6.60. The van der Waals surface area contributed by atoms with Crippen molar-refractivity contribution >= 4 is 8.80 Å². The highest BCUT2D eigenvalue weighted by atomic mass is 28.4. The van der Waals surface area contributed by atoms with Gasteiger partial charge in [-0.1, -0.05) is 44.9 Å². The minimum absolute atomic E-state index is 0.265. The molecule has 0 unspecified atom stereocenters. The minimum atomic E-state index is -3.99. The molecule has 0 bridgehead atoms. The highest BCUT2D eigenvalue weighted by Crippen LogP contribution is 2.23. The zero-order chi connectivity index (χ0) is 16.9. The molecule has 0 aliphatic carbocycles. The van der Waals surface area contributed by atoms with E-state index >= 15 is 0 Å². The zero-order valence-corrected chi connectivity index (χ0v) is 15.1. The Morgan fingerprint density at radius 2 is 1.00 bits per heavy atom. The number of rotatable bonds is 14. The van der Waals surface area contributed by atoms with Crippen molar-refractivity contribution in [2.24, 2.45) is 0 Å². The molecule has 0 aromatic carbocycles. The lowest BCUT2D eigenvalue weighted by Gasteiger charge is -2.24. The molecule has 0 fully saturated rings. The van der Waals surface area contributed by atoms with Crippen molar-refractivity contribution in [1.29, 1.82) is 0 Å². The Morgan fingerprint density at radius 1 is 0.636 bits per heavy atom. The van der Waals surface area contributed by atoms with Crippen LogP contribution in [-0.2, 0) is 13.3 Å². The molecule has 7 heteroatoms. The monoisotopic (exact) mass is 344 g/mol. The van der Waals surface area contributed by atoms with Crippen LogP contribution in [0.5, 0.6) is 0 Å². The van der Waals surface area contributed by atoms with Crippen LogP contribution in [0.4, 0.5) is 13.2 Å². The summed E-state index contributed by atoms with van der Waals surface area (Å²) in [7, 11) is 2.45. The van der Waals surface area contributed by atoms with Gasteiger partial charge >= 0.3 is 15.0 Å². The predicted molar refractivity (Wildman–Crippen MR) is 83.8 cm³/mol. The smallest absolute Gasteiger partial charge is 0.377 e. The van der Waals surface area contributed by atoms with E-state index < -0.39 is 21.4 Å². The molecule has 22 heavy (non-hydrogen) atoms. The number of halogens is 3. The van der Waals surface area contributed by atoms with Gasteiger partial charge in [-0.2, -0.15) is 13.2 Å². The molecular formula is C15H31F3O3Si. The molecule has 134 valence electrons. The summed E-state index contributed by atoms with van der Waals surface area (Å²) >= 11 is 0. The lowest BCUT2D eigenvalue weighted by Crippen LogP contribution is -2.42. The predicted octanol–water partition coefficient (Wildman–Crippen LogP) is 5.33. The molecule has 0 N–H and O–H groups in total. The summed E-state index contributed by atoms with van der Waals surface area (Å²) in [5.74, 6) is 0. The zero-order valence-electron chi connectivity index (χ0n) is 14.1. The van der Waals surface area contributed by atoms with Gasteiger partial charge in [-0.15, -0.1) is 0 Å². The molecule has 0 spiro atoms. The first-order valence-corrected chi connectivity index (χ1v) is 10.0. The lowest BCUT2D eigenvalue weighted by molar-refractivity contribution is -0.135. The van der Waals surface area contributed by atoms with Crippen LogP contribution in [0.1, 0.15) is 64.2 Å². The summed E-state index contributed by atoms with van der Waals surface area (Å²) in [6.45, 7) is 0. The maximum absolute atomic E-state index is 11.9. The van der Waals surface area contributed by atoms with Crippen LogP contribution >= 0.6 is 0 Å². The minimum Gasteiger partial charge on any atom is -0.377 e. The molecule has 0 heterocycles. The largest absolute Gasteiger partial charge is 0.500 e. The van der Waals surface area contributed by atoms with E-state index in [1.54, 1.807) is 21.3 Å². The Morgan fingerprint density at radius 3 is 1.36 bits per heavy atom. The summed E-state index contributed by atoms with van der Waals surface area (Å²) in [5.41, 5.74) is 0. The first kappa shape index (κ1) is 21.9. The third-order valence-corrected chi connectivity index (χ3v) is 6.71. The Kier molecular flexibility index (Phi) is 12.3. The van der Waals surface area contributed by atoms with Crippen molar-refractivity contribution in [3.05, 3.63) is 0 Å². The van der Waals surface area contributed by atoms with Gasteiger partial charge in [0.2, 0.25) is 0 Å². The van der Waals surface area contributed by atoms with Crippen molar-refractivity contribution in [1.82, 2.24) is 0 Å². The first-order valence-electron chi connectivity index (χ1n) is 8.11. The quantitative estimate of drug-likeness (QED) is 0.315. The Balaban J connectivity index is 3.37. The maximum Gasteiger partial charge on any atom is 0.500 e. The average molecular weight is 344 g/mol. The van der Waals surface area contributed by atoms with Crippen molar-refractivity contribution in [2.75, 3.05) is 21.3 Å². The van der Waals surface area contributed by atoms with Gasteiger partial charge in [0.15, 0.2) is 0 Å². The molecular weight excluding hydrogens is 313 g/mol. The highest BCUT2D eigenvalue weighted by Gasteiger charge is 2.36. The fraction of sp³-hybridized carbons (Fsp3) is 1.00. The van der Waals surface area contributed by atoms with E-state index in [1.165, 1.54) is 0 Å². The van der Waals surface area contributed by atoms with Gasteiger partial charge in [0.25, 0.3) is 0 Å². The van der Waals surface area contributed by atoms with Gasteiger partial charge in [-0.25, -0.2) is 0 Å². The molecule has 0 radical (unpaired) electrons. The SMILES string of the molecule is CO[Si](CCCCCCCCCCCC(F)(F)F)(OC)OC. The van der Waals surface area contributed by atoms with Crippen LogP contribution in [-0.4, -0.2) is 36.3 Å². The van der Waals surface area contributed by atoms with E-state index in [-0.39, 0.29) is 6.42 Å². The summed E-state index contributed by atoms with van der Waals surface area (Å²) < 4.78 is 51.9. The fourth-order valence-electron chi connectivity index (χ4n) is 2.46. The van der Waals surface area contributed by atoms with Gasteiger partial charge < -0.3 is 13.3 Å². The van der Waals surface area contributed by atoms with E-state index in [1.807, 2.05) is 0 Å². The van der Waals surface area contributed by atoms with Crippen molar-refractivity contribution in [3.8, 4) is 0 Å². The Hall–Kier alpha value is -0.113. The molecule has 0 aliphatic rings. The number of hydrogen-bond donors (Lipinski definition) is 0. The van der Waals surface area contributed by atoms with E-state index in [0.717, 1.165) is 51.0 Å². The van der Waals surface area contributed by atoms with Crippen LogP contribution in [0.2, 0.25) is 6.04 Å².